The van der Waals surface area contributed by atoms with E-state index in [-0.39, 0.29) is 10.4 Å². The Kier molecular flexibility index (Phi) is 3.59. The molecule has 3 aromatic rings. The third kappa shape index (κ3) is 2.61. The van der Waals surface area contributed by atoms with Gasteiger partial charge in [0.1, 0.15) is 18.0 Å². The summed E-state index contributed by atoms with van der Waals surface area (Å²) in [5, 5.41) is 3.94. The molecule has 2 aromatic heterocycles. The van der Waals surface area contributed by atoms with Crippen LogP contribution in [0.25, 0.3) is 11.0 Å². The lowest BCUT2D eigenvalue weighted by Crippen LogP contribution is -2.07. The molecule has 0 aliphatic carbocycles. The van der Waals surface area contributed by atoms with Crippen molar-refractivity contribution < 1.29 is 4.39 Å². The van der Waals surface area contributed by atoms with Crippen LogP contribution in [-0.4, -0.2) is 24.3 Å². The van der Waals surface area contributed by atoms with Gasteiger partial charge in [0.2, 0.25) is 0 Å². The van der Waals surface area contributed by atoms with E-state index in [0.717, 1.165) is 0 Å². The van der Waals surface area contributed by atoms with Gasteiger partial charge in [0.25, 0.3) is 0 Å². The van der Waals surface area contributed by atoms with Crippen LogP contribution in [0.2, 0.25) is 5.02 Å². The zero-order valence-electron chi connectivity index (χ0n) is 11.4. The Hall–Kier alpha value is -1.66. The SMILES string of the molecule is CC(Cl)c1nc2cc(Cl)c(F)cc2n1Cc1ncn(C)n1. The van der Waals surface area contributed by atoms with E-state index in [0.29, 0.717) is 29.2 Å². The van der Waals surface area contributed by atoms with Gasteiger partial charge in [-0.2, -0.15) is 5.10 Å². The number of nitrogens with zero attached hydrogens (tertiary/aromatic N) is 5. The van der Waals surface area contributed by atoms with Gasteiger partial charge in [0.15, 0.2) is 5.82 Å². The Morgan fingerprint density at radius 1 is 1.38 bits per heavy atom. The summed E-state index contributed by atoms with van der Waals surface area (Å²) in [7, 11) is 1.78. The molecule has 110 valence electrons. The van der Waals surface area contributed by atoms with E-state index in [1.165, 1.54) is 12.1 Å². The van der Waals surface area contributed by atoms with Crippen molar-refractivity contribution in [1.82, 2.24) is 24.3 Å². The number of benzene rings is 1. The van der Waals surface area contributed by atoms with E-state index in [9.17, 15) is 4.39 Å². The minimum atomic E-state index is -0.493. The number of aromatic nitrogens is 5. The van der Waals surface area contributed by atoms with Crippen molar-refractivity contribution in [3.8, 4) is 0 Å². The second kappa shape index (κ2) is 5.27. The Bertz CT molecular complexity index is 808. The minimum absolute atomic E-state index is 0.0388. The second-order valence-electron chi connectivity index (χ2n) is 4.76. The predicted octanol–water partition coefficient (Wildman–Crippen LogP) is 3.31. The highest BCUT2D eigenvalue weighted by Gasteiger charge is 2.18. The lowest BCUT2D eigenvalue weighted by atomic mass is 10.3. The summed E-state index contributed by atoms with van der Waals surface area (Å²) >= 11 is 12.0. The number of rotatable bonds is 3. The summed E-state index contributed by atoms with van der Waals surface area (Å²) in [6, 6.07) is 2.85. The van der Waals surface area contributed by atoms with Crippen molar-refractivity contribution in [2.75, 3.05) is 0 Å². The molecule has 0 bridgehead atoms. The Labute approximate surface area is 130 Å². The molecule has 0 saturated heterocycles. The van der Waals surface area contributed by atoms with Crippen LogP contribution in [0.4, 0.5) is 4.39 Å². The second-order valence-corrected chi connectivity index (χ2v) is 5.82. The van der Waals surface area contributed by atoms with Crippen LogP contribution in [0.1, 0.15) is 23.9 Å². The molecule has 0 radical (unpaired) electrons. The number of hydrogen-bond donors (Lipinski definition) is 0. The zero-order chi connectivity index (χ0) is 15.1. The van der Waals surface area contributed by atoms with Crippen molar-refractivity contribution in [3.05, 3.63) is 40.9 Å². The molecule has 0 aliphatic heterocycles. The minimum Gasteiger partial charge on any atom is -0.319 e. The maximum Gasteiger partial charge on any atom is 0.170 e. The maximum absolute atomic E-state index is 13.7. The predicted molar refractivity (Wildman–Crippen MR) is 79.1 cm³/mol. The largest absolute Gasteiger partial charge is 0.319 e. The smallest absolute Gasteiger partial charge is 0.170 e. The molecule has 0 amide bonds. The molecule has 1 unspecified atom stereocenters. The molecule has 3 rings (SSSR count). The normalized spacial score (nSPS) is 13.0. The van der Waals surface area contributed by atoms with Crippen LogP contribution in [0.15, 0.2) is 18.5 Å². The highest BCUT2D eigenvalue weighted by Crippen LogP contribution is 2.28. The van der Waals surface area contributed by atoms with Gasteiger partial charge >= 0.3 is 0 Å². The van der Waals surface area contributed by atoms with E-state index in [1.54, 1.807) is 18.1 Å². The molecule has 0 saturated carbocycles. The summed E-state index contributed by atoms with van der Waals surface area (Å²) < 4.78 is 17.2. The van der Waals surface area contributed by atoms with Gasteiger partial charge in [-0.3, -0.25) is 4.68 Å². The van der Waals surface area contributed by atoms with Crippen molar-refractivity contribution in [2.45, 2.75) is 18.8 Å². The summed E-state index contributed by atoms with van der Waals surface area (Å²) in [5.74, 6) is 0.736. The molecule has 1 aromatic carbocycles. The molecule has 0 spiro atoms. The molecule has 0 N–H and O–H groups in total. The number of hydrogen-bond acceptors (Lipinski definition) is 3. The fourth-order valence-electron chi connectivity index (χ4n) is 2.21. The van der Waals surface area contributed by atoms with Crippen LogP contribution < -0.4 is 0 Å². The Balaban J connectivity index is 2.17. The monoisotopic (exact) mass is 327 g/mol. The molecular formula is C13H12Cl2FN5. The fourth-order valence-corrected chi connectivity index (χ4v) is 2.53. The average Bonchev–Trinajstić information content (AvgIpc) is 2.96. The van der Waals surface area contributed by atoms with Gasteiger partial charge in [-0.05, 0) is 13.0 Å². The first-order chi connectivity index (χ1) is 9.95. The highest BCUT2D eigenvalue weighted by molar-refractivity contribution is 6.31. The van der Waals surface area contributed by atoms with Gasteiger partial charge in [-0.1, -0.05) is 11.6 Å². The first kappa shape index (κ1) is 14.3. The summed E-state index contributed by atoms with van der Waals surface area (Å²) in [4.78, 5) is 8.61. The standard InChI is InChI=1S/C13H12Cl2FN5/c1-7(14)13-18-10-3-8(15)9(16)4-11(10)21(13)5-12-17-6-20(2)19-12/h3-4,6-7H,5H2,1-2H3. The number of imidazole rings is 1. The van der Waals surface area contributed by atoms with Crippen LogP contribution in [0.3, 0.4) is 0 Å². The Morgan fingerprint density at radius 3 is 2.76 bits per heavy atom. The lowest BCUT2D eigenvalue weighted by Gasteiger charge is -2.08. The summed E-state index contributed by atoms with van der Waals surface area (Å²) in [5.41, 5.74) is 1.21. The molecule has 0 aliphatic rings. The van der Waals surface area contributed by atoms with Crippen LogP contribution in [-0.2, 0) is 13.6 Å². The van der Waals surface area contributed by atoms with E-state index >= 15 is 0 Å². The molecule has 21 heavy (non-hydrogen) atoms. The van der Waals surface area contributed by atoms with Gasteiger partial charge in [0, 0.05) is 13.1 Å². The lowest BCUT2D eigenvalue weighted by molar-refractivity contribution is 0.627. The van der Waals surface area contributed by atoms with E-state index in [2.05, 4.69) is 15.1 Å². The highest BCUT2D eigenvalue weighted by atomic mass is 35.5. The number of halogens is 3. The van der Waals surface area contributed by atoms with Crippen molar-refractivity contribution in [3.63, 3.8) is 0 Å². The van der Waals surface area contributed by atoms with Crippen LogP contribution in [0.5, 0.6) is 0 Å². The van der Waals surface area contributed by atoms with E-state index in [1.807, 2.05) is 11.5 Å². The fraction of sp³-hybridized carbons (Fsp3) is 0.308. The molecule has 1 atom stereocenters. The van der Waals surface area contributed by atoms with Gasteiger partial charge in [-0.15, -0.1) is 11.6 Å². The molecule has 5 nitrogen and oxygen atoms in total. The van der Waals surface area contributed by atoms with E-state index in [4.69, 9.17) is 23.2 Å². The first-order valence-corrected chi connectivity index (χ1v) is 7.11. The van der Waals surface area contributed by atoms with Crippen molar-refractivity contribution >= 4 is 34.2 Å². The van der Waals surface area contributed by atoms with Crippen molar-refractivity contribution in [2.24, 2.45) is 7.05 Å². The Morgan fingerprint density at radius 2 is 2.14 bits per heavy atom. The quantitative estimate of drug-likeness (QED) is 0.693. The molecule has 2 heterocycles. The van der Waals surface area contributed by atoms with Crippen LogP contribution in [0, 0.1) is 5.82 Å². The molecular weight excluding hydrogens is 316 g/mol. The van der Waals surface area contributed by atoms with Gasteiger partial charge < -0.3 is 4.57 Å². The van der Waals surface area contributed by atoms with Gasteiger partial charge in [0.05, 0.1) is 28.0 Å². The first-order valence-electron chi connectivity index (χ1n) is 6.29. The average molecular weight is 328 g/mol. The van der Waals surface area contributed by atoms with Gasteiger partial charge in [-0.25, -0.2) is 14.4 Å². The zero-order valence-corrected chi connectivity index (χ0v) is 12.9. The molecule has 8 heteroatoms. The number of alkyl halides is 1. The van der Waals surface area contributed by atoms with E-state index < -0.39 is 5.82 Å². The summed E-state index contributed by atoms with van der Waals surface area (Å²) in [6.07, 6.45) is 1.61. The van der Waals surface area contributed by atoms with Crippen molar-refractivity contribution in [1.29, 1.82) is 0 Å². The maximum atomic E-state index is 13.7. The summed E-state index contributed by atoms with van der Waals surface area (Å²) in [6.45, 7) is 2.17. The topological polar surface area (TPSA) is 48.5 Å². The number of aryl methyl sites for hydroxylation is 1. The number of fused-ring (bicyclic) bond motifs is 1. The molecule has 0 fully saturated rings. The third-order valence-corrected chi connectivity index (χ3v) is 3.61. The van der Waals surface area contributed by atoms with Crippen LogP contribution >= 0.6 is 23.2 Å². The third-order valence-electron chi connectivity index (χ3n) is 3.12.